The molecule has 1 amide bonds. The Morgan fingerprint density at radius 1 is 1.33 bits per heavy atom. The van der Waals surface area contributed by atoms with Crippen LogP contribution in [0.25, 0.3) is 0 Å². The highest BCUT2D eigenvalue weighted by Crippen LogP contribution is 2.27. The summed E-state index contributed by atoms with van der Waals surface area (Å²) in [5.74, 6) is 0.463. The zero-order valence-electron chi connectivity index (χ0n) is 9.88. The fourth-order valence-corrected chi connectivity index (χ4v) is 2.27. The second-order valence-corrected chi connectivity index (χ2v) is 5.15. The first-order chi connectivity index (χ1) is 7.08. The summed E-state index contributed by atoms with van der Waals surface area (Å²) < 4.78 is 0. The molecule has 0 aromatic rings. The Balaban J connectivity index is 2.47. The van der Waals surface area contributed by atoms with Gasteiger partial charge in [-0.1, -0.05) is 33.1 Å². The molecular weight excluding hydrogens is 190 g/mol. The van der Waals surface area contributed by atoms with E-state index in [0.717, 1.165) is 25.7 Å². The Hall–Kier alpha value is -0.570. The van der Waals surface area contributed by atoms with E-state index < -0.39 is 0 Å². The summed E-state index contributed by atoms with van der Waals surface area (Å²) >= 11 is 0. The third-order valence-electron chi connectivity index (χ3n) is 3.11. The fraction of sp³-hybridized carbons (Fsp3) is 0.917. The van der Waals surface area contributed by atoms with E-state index in [2.05, 4.69) is 5.32 Å². The van der Waals surface area contributed by atoms with Crippen LogP contribution in [0.4, 0.5) is 0 Å². The summed E-state index contributed by atoms with van der Waals surface area (Å²) in [6.45, 7) is 4.15. The largest absolute Gasteiger partial charge is 0.394 e. The average molecular weight is 213 g/mol. The van der Waals surface area contributed by atoms with Crippen molar-refractivity contribution in [3.05, 3.63) is 0 Å². The van der Waals surface area contributed by atoms with E-state index in [4.69, 9.17) is 0 Å². The van der Waals surface area contributed by atoms with E-state index >= 15 is 0 Å². The third kappa shape index (κ3) is 3.82. The van der Waals surface area contributed by atoms with Gasteiger partial charge in [0, 0.05) is 6.42 Å². The lowest BCUT2D eigenvalue weighted by atomic mass is 9.82. The fourth-order valence-electron chi connectivity index (χ4n) is 2.27. The van der Waals surface area contributed by atoms with E-state index in [1.807, 2.05) is 13.8 Å². The number of rotatable bonds is 4. The molecule has 1 aliphatic carbocycles. The monoisotopic (exact) mass is 213 g/mol. The Labute approximate surface area is 92.3 Å². The number of nitrogens with one attached hydrogen (secondary N) is 1. The molecule has 1 saturated carbocycles. The minimum atomic E-state index is -0.315. The molecule has 0 heterocycles. The second-order valence-electron chi connectivity index (χ2n) is 5.15. The van der Waals surface area contributed by atoms with Crippen molar-refractivity contribution in [2.24, 2.45) is 5.92 Å². The first-order valence-electron chi connectivity index (χ1n) is 6.00. The van der Waals surface area contributed by atoms with Crippen LogP contribution < -0.4 is 5.32 Å². The summed E-state index contributed by atoms with van der Waals surface area (Å²) in [6.07, 6.45) is 5.86. The van der Waals surface area contributed by atoms with Gasteiger partial charge in [-0.15, -0.1) is 0 Å². The van der Waals surface area contributed by atoms with Crippen molar-refractivity contribution in [1.82, 2.24) is 5.32 Å². The summed E-state index contributed by atoms with van der Waals surface area (Å²) in [7, 11) is 0. The van der Waals surface area contributed by atoms with Crippen molar-refractivity contribution in [1.29, 1.82) is 0 Å². The van der Waals surface area contributed by atoms with Crippen molar-refractivity contribution >= 4 is 5.91 Å². The number of aliphatic hydroxyl groups is 1. The Morgan fingerprint density at radius 2 is 1.93 bits per heavy atom. The van der Waals surface area contributed by atoms with Crippen LogP contribution in [0.2, 0.25) is 0 Å². The quantitative estimate of drug-likeness (QED) is 0.748. The lowest BCUT2D eigenvalue weighted by Crippen LogP contribution is -2.52. The van der Waals surface area contributed by atoms with Crippen molar-refractivity contribution < 1.29 is 9.90 Å². The normalized spacial score (nSPS) is 20.3. The molecule has 1 rings (SSSR count). The topological polar surface area (TPSA) is 49.3 Å². The van der Waals surface area contributed by atoms with Gasteiger partial charge in [0.2, 0.25) is 5.91 Å². The van der Waals surface area contributed by atoms with Crippen LogP contribution >= 0.6 is 0 Å². The minimum absolute atomic E-state index is 0.0802. The van der Waals surface area contributed by atoms with Gasteiger partial charge in [-0.25, -0.2) is 0 Å². The summed E-state index contributed by atoms with van der Waals surface area (Å²) in [5, 5.41) is 12.4. The molecular formula is C12H23NO2. The highest BCUT2D eigenvalue weighted by Gasteiger charge is 2.32. The van der Waals surface area contributed by atoms with Gasteiger partial charge >= 0.3 is 0 Å². The summed E-state index contributed by atoms with van der Waals surface area (Å²) in [5.41, 5.74) is -0.315. The van der Waals surface area contributed by atoms with Gasteiger partial charge < -0.3 is 10.4 Å². The van der Waals surface area contributed by atoms with Crippen molar-refractivity contribution in [2.45, 2.75) is 57.9 Å². The van der Waals surface area contributed by atoms with Crippen molar-refractivity contribution in [3.8, 4) is 0 Å². The molecule has 0 saturated heterocycles. The molecule has 3 heteroatoms. The van der Waals surface area contributed by atoms with Crippen LogP contribution in [0.3, 0.4) is 0 Å². The van der Waals surface area contributed by atoms with Crippen LogP contribution in [0, 0.1) is 5.92 Å². The second kappa shape index (κ2) is 5.50. The minimum Gasteiger partial charge on any atom is -0.394 e. The third-order valence-corrected chi connectivity index (χ3v) is 3.11. The molecule has 88 valence electrons. The van der Waals surface area contributed by atoms with E-state index in [0.29, 0.717) is 12.3 Å². The van der Waals surface area contributed by atoms with Gasteiger partial charge in [-0.2, -0.15) is 0 Å². The lowest BCUT2D eigenvalue weighted by Gasteiger charge is -2.36. The molecule has 2 N–H and O–H groups in total. The van der Waals surface area contributed by atoms with Gasteiger partial charge in [-0.3, -0.25) is 4.79 Å². The van der Waals surface area contributed by atoms with Crippen LogP contribution in [0.15, 0.2) is 0 Å². The molecule has 0 aromatic carbocycles. The van der Waals surface area contributed by atoms with Gasteiger partial charge in [0.25, 0.3) is 0 Å². The van der Waals surface area contributed by atoms with Gasteiger partial charge in [0.1, 0.15) is 0 Å². The number of hydrogen-bond donors (Lipinski definition) is 2. The molecule has 0 radical (unpaired) electrons. The Morgan fingerprint density at radius 3 is 2.40 bits per heavy atom. The highest BCUT2D eigenvalue weighted by molar-refractivity contribution is 5.77. The molecule has 15 heavy (non-hydrogen) atoms. The van der Waals surface area contributed by atoms with Crippen LogP contribution in [0.5, 0.6) is 0 Å². The summed E-state index contributed by atoms with van der Waals surface area (Å²) in [6, 6.07) is 0. The van der Waals surface area contributed by atoms with Gasteiger partial charge in [0.15, 0.2) is 0 Å². The average Bonchev–Trinajstić information content (AvgIpc) is 2.17. The number of carbonyl (C=O) groups is 1. The predicted octanol–water partition coefficient (Wildman–Crippen LogP) is 1.84. The Bertz CT molecular complexity index is 208. The van der Waals surface area contributed by atoms with E-state index in [-0.39, 0.29) is 18.1 Å². The van der Waals surface area contributed by atoms with E-state index in [9.17, 15) is 9.90 Å². The molecule has 1 aliphatic rings. The molecule has 0 bridgehead atoms. The van der Waals surface area contributed by atoms with Crippen molar-refractivity contribution in [2.75, 3.05) is 6.61 Å². The molecule has 0 unspecified atom stereocenters. The zero-order valence-corrected chi connectivity index (χ0v) is 9.88. The van der Waals surface area contributed by atoms with Crippen LogP contribution in [-0.2, 0) is 4.79 Å². The SMILES string of the molecule is CC(C)CC(=O)NC1(CO)CCCCC1. The van der Waals surface area contributed by atoms with Gasteiger partial charge in [0.05, 0.1) is 12.1 Å². The van der Waals surface area contributed by atoms with Crippen LogP contribution in [-0.4, -0.2) is 23.2 Å². The molecule has 0 aliphatic heterocycles. The van der Waals surface area contributed by atoms with Crippen LogP contribution in [0.1, 0.15) is 52.4 Å². The first-order valence-corrected chi connectivity index (χ1v) is 6.00. The van der Waals surface area contributed by atoms with E-state index in [1.165, 1.54) is 6.42 Å². The zero-order chi connectivity index (χ0) is 11.3. The predicted molar refractivity (Wildman–Crippen MR) is 60.5 cm³/mol. The standard InChI is InChI=1S/C12H23NO2/c1-10(2)8-11(15)13-12(9-14)6-4-3-5-7-12/h10,14H,3-9H2,1-2H3,(H,13,15). The van der Waals surface area contributed by atoms with E-state index in [1.54, 1.807) is 0 Å². The first kappa shape index (κ1) is 12.5. The molecule has 0 spiro atoms. The molecule has 1 fully saturated rings. The summed E-state index contributed by atoms with van der Waals surface area (Å²) in [4.78, 5) is 11.7. The maximum atomic E-state index is 11.7. The molecule has 3 nitrogen and oxygen atoms in total. The molecule has 0 atom stereocenters. The number of aliphatic hydroxyl groups excluding tert-OH is 1. The number of amides is 1. The number of hydrogen-bond acceptors (Lipinski definition) is 2. The molecule has 0 aromatic heterocycles. The van der Waals surface area contributed by atoms with Crippen molar-refractivity contribution in [3.63, 3.8) is 0 Å². The maximum absolute atomic E-state index is 11.7. The Kier molecular flexibility index (Phi) is 4.58. The van der Waals surface area contributed by atoms with Gasteiger partial charge in [-0.05, 0) is 18.8 Å². The maximum Gasteiger partial charge on any atom is 0.220 e. The number of carbonyl (C=O) groups excluding carboxylic acids is 1. The smallest absolute Gasteiger partial charge is 0.220 e. The lowest BCUT2D eigenvalue weighted by molar-refractivity contribution is -0.124. The highest BCUT2D eigenvalue weighted by atomic mass is 16.3.